The fraction of sp³-hybridized carbons (Fsp3) is 0.500. The van der Waals surface area contributed by atoms with Gasteiger partial charge in [-0.25, -0.2) is 31.4 Å². The zero-order valence-electron chi connectivity index (χ0n) is 22.4. The molecule has 0 radical (unpaired) electrons. The van der Waals surface area contributed by atoms with E-state index in [9.17, 15) is 36.3 Å². The highest BCUT2D eigenvalue weighted by molar-refractivity contribution is 7.91. The van der Waals surface area contributed by atoms with Crippen molar-refractivity contribution in [3.63, 3.8) is 0 Å². The Balaban J connectivity index is 1.82. The molecule has 0 unspecified atom stereocenters. The maximum atomic E-state index is 15.0. The molecule has 0 bridgehead atoms. The standard InChI is InChI=1S/C26H31F3N4O6S/c1-15(25(2,3)36)32-20-11-16(23(34)31-26(4)7-9-40(37,38)10-8-26)5-6-18(20)33(24(32)35)19-12-22(30-13-17(19)27)39-14-21(28)29/h5-6,11-13,15,21,36H,7-10,14H2,1-4H3,(H,31,34)/t15-/m0/s1. The van der Waals surface area contributed by atoms with Crippen molar-refractivity contribution in [1.29, 1.82) is 0 Å². The summed E-state index contributed by atoms with van der Waals surface area (Å²) in [5, 5.41) is 13.6. The van der Waals surface area contributed by atoms with Gasteiger partial charge in [-0.15, -0.1) is 0 Å². The number of pyridine rings is 1. The van der Waals surface area contributed by atoms with E-state index >= 15 is 0 Å². The Bertz CT molecular complexity index is 1600. The topological polar surface area (TPSA) is 133 Å². The molecule has 1 fully saturated rings. The van der Waals surface area contributed by atoms with Crippen LogP contribution < -0.4 is 15.7 Å². The Morgan fingerprint density at radius 2 is 1.88 bits per heavy atom. The normalized spacial score (nSPS) is 17.6. The lowest BCUT2D eigenvalue weighted by Crippen LogP contribution is -2.50. The third-order valence-corrected chi connectivity index (χ3v) is 8.95. The lowest BCUT2D eigenvalue weighted by atomic mass is 9.94. The van der Waals surface area contributed by atoms with Crippen LogP contribution in [0.4, 0.5) is 13.2 Å². The average molecular weight is 585 g/mol. The van der Waals surface area contributed by atoms with Crippen LogP contribution in [0.3, 0.4) is 0 Å². The molecule has 3 heterocycles. The van der Waals surface area contributed by atoms with Crippen molar-refractivity contribution >= 4 is 26.8 Å². The molecule has 1 aliphatic rings. The zero-order valence-corrected chi connectivity index (χ0v) is 23.3. The number of hydrogen-bond acceptors (Lipinski definition) is 7. The van der Waals surface area contributed by atoms with E-state index in [4.69, 9.17) is 4.74 Å². The molecule has 218 valence electrons. The first-order chi connectivity index (χ1) is 18.5. The van der Waals surface area contributed by atoms with E-state index in [1.165, 1.54) is 36.6 Å². The number of nitrogens with zero attached hydrogens (tertiary/aromatic N) is 3. The number of fused-ring (bicyclic) bond motifs is 1. The zero-order chi connectivity index (χ0) is 29.6. The fourth-order valence-corrected chi connectivity index (χ4v) is 6.28. The van der Waals surface area contributed by atoms with Crippen molar-refractivity contribution in [3.8, 4) is 11.6 Å². The molecule has 4 rings (SSSR count). The summed E-state index contributed by atoms with van der Waals surface area (Å²) in [5.74, 6) is -1.84. The number of benzene rings is 1. The number of halogens is 3. The van der Waals surface area contributed by atoms with Gasteiger partial charge in [0.15, 0.2) is 12.4 Å². The third-order valence-electron chi connectivity index (χ3n) is 7.30. The van der Waals surface area contributed by atoms with Gasteiger partial charge >= 0.3 is 5.69 Å². The molecule has 1 aromatic carbocycles. The molecule has 2 aromatic heterocycles. The van der Waals surface area contributed by atoms with Crippen LogP contribution in [0.2, 0.25) is 0 Å². The summed E-state index contributed by atoms with van der Waals surface area (Å²) in [4.78, 5) is 30.6. The van der Waals surface area contributed by atoms with E-state index in [2.05, 4.69) is 10.3 Å². The van der Waals surface area contributed by atoms with Crippen molar-refractivity contribution in [2.75, 3.05) is 18.1 Å². The monoisotopic (exact) mass is 584 g/mol. The van der Waals surface area contributed by atoms with Gasteiger partial charge in [0.2, 0.25) is 5.88 Å². The molecule has 1 atom stereocenters. The van der Waals surface area contributed by atoms with Crippen LogP contribution in [0, 0.1) is 5.82 Å². The first-order valence-corrected chi connectivity index (χ1v) is 14.4. The second-order valence-electron chi connectivity index (χ2n) is 10.9. The number of aliphatic hydroxyl groups is 1. The molecular formula is C26H31F3N4O6S. The lowest BCUT2D eigenvalue weighted by molar-refractivity contribution is 0.0307. The van der Waals surface area contributed by atoms with Crippen molar-refractivity contribution in [2.24, 2.45) is 0 Å². The van der Waals surface area contributed by atoms with Crippen molar-refractivity contribution in [3.05, 3.63) is 52.3 Å². The number of alkyl halides is 2. The van der Waals surface area contributed by atoms with Crippen LogP contribution in [0.15, 0.2) is 35.3 Å². The molecule has 0 aliphatic carbocycles. The molecule has 1 amide bonds. The van der Waals surface area contributed by atoms with Gasteiger partial charge in [-0.2, -0.15) is 0 Å². The quantitative estimate of drug-likeness (QED) is 0.416. The van der Waals surface area contributed by atoms with Crippen LogP contribution in [-0.2, 0) is 9.84 Å². The maximum Gasteiger partial charge on any atom is 0.334 e. The summed E-state index contributed by atoms with van der Waals surface area (Å²) in [5.41, 5.74) is -2.69. The third kappa shape index (κ3) is 6.02. The van der Waals surface area contributed by atoms with E-state index in [0.717, 1.165) is 16.8 Å². The highest BCUT2D eigenvalue weighted by Crippen LogP contribution is 2.30. The number of sulfone groups is 1. The number of imidazole rings is 1. The number of amides is 1. The fourth-order valence-electron chi connectivity index (χ4n) is 4.55. The lowest BCUT2D eigenvalue weighted by Gasteiger charge is -2.34. The Labute approximate surface area is 228 Å². The Hall–Kier alpha value is -3.39. The van der Waals surface area contributed by atoms with Gasteiger partial charge in [-0.1, -0.05) is 0 Å². The SMILES string of the molecule is C[C@H](n1c(=O)n(-c2cc(OCC(F)F)ncc2F)c2ccc(C(=O)NC3(C)CCS(=O)(=O)CC3)cc21)C(C)(C)O. The first-order valence-electron chi connectivity index (χ1n) is 12.6. The highest BCUT2D eigenvalue weighted by Gasteiger charge is 2.35. The molecule has 3 aromatic rings. The Kier molecular flexibility index (Phi) is 7.80. The second-order valence-corrected chi connectivity index (χ2v) is 13.2. The summed E-state index contributed by atoms with van der Waals surface area (Å²) < 4.78 is 71.1. The van der Waals surface area contributed by atoms with E-state index in [1.54, 1.807) is 13.8 Å². The minimum absolute atomic E-state index is 0.0468. The number of ether oxygens (including phenoxy) is 1. The summed E-state index contributed by atoms with van der Waals surface area (Å²) >= 11 is 0. The van der Waals surface area contributed by atoms with Gasteiger partial charge in [0, 0.05) is 17.2 Å². The van der Waals surface area contributed by atoms with Gasteiger partial charge in [0.25, 0.3) is 12.3 Å². The van der Waals surface area contributed by atoms with Gasteiger partial charge in [0.1, 0.15) is 9.84 Å². The number of hydrogen-bond donors (Lipinski definition) is 2. The smallest absolute Gasteiger partial charge is 0.334 e. The summed E-state index contributed by atoms with van der Waals surface area (Å²) in [6.07, 6.45) is -1.55. The highest BCUT2D eigenvalue weighted by atomic mass is 32.2. The predicted octanol–water partition coefficient (Wildman–Crippen LogP) is 3.00. The molecule has 40 heavy (non-hydrogen) atoms. The van der Waals surface area contributed by atoms with Crippen LogP contribution in [0.5, 0.6) is 5.88 Å². The molecule has 1 aliphatic heterocycles. The minimum atomic E-state index is -3.15. The minimum Gasteiger partial charge on any atom is -0.472 e. The van der Waals surface area contributed by atoms with E-state index in [-0.39, 0.29) is 52.5 Å². The molecule has 14 heteroatoms. The molecular weight excluding hydrogens is 553 g/mol. The van der Waals surface area contributed by atoms with Crippen molar-refractivity contribution in [1.82, 2.24) is 19.4 Å². The van der Waals surface area contributed by atoms with Crippen molar-refractivity contribution in [2.45, 2.75) is 64.1 Å². The van der Waals surface area contributed by atoms with Gasteiger partial charge < -0.3 is 15.2 Å². The Morgan fingerprint density at radius 1 is 1.23 bits per heavy atom. The van der Waals surface area contributed by atoms with E-state index in [0.29, 0.717) is 0 Å². The number of aromatic nitrogens is 3. The Morgan fingerprint density at radius 3 is 2.48 bits per heavy atom. The molecule has 0 saturated carbocycles. The van der Waals surface area contributed by atoms with Crippen LogP contribution in [-0.4, -0.2) is 69.2 Å². The maximum absolute atomic E-state index is 15.0. The molecule has 1 saturated heterocycles. The summed E-state index contributed by atoms with van der Waals surface area (Å²) in [6.45, 7) is 5.35. The number of carbonyl (C=O) groups excluding carboxylic acids is 1. The van der Waals surface area contributed by atoms with Crippen molar-refractivity contribution < 1.29 is 36.2 Å². The second kappa shape index (κ2) is 10.5. The number of rotatable bonds is 8. The summed E-state index contributed by atoms with van der Waals surface area (Å²) in [7, 11) is -3.15. The van der Waals surface area contributed by atoms with E-state index < -0.39 is 57.5 Å². The number of nitrogens with one attached hydrogen (secondary N) is 1. The average Bonchev–Trinajstić information content (AvgIpc) is 3.15. The van der Waals surface area contributed by atoms with E-state index in [1.807, 2.05) is 0 Å². The largest absolute Gasteiger partial charge is 0.472 e. The van der Waals surface area contributed by atoms with Gasteiger partial charge in [-0.05, 0) is 58.7 Å². The van der Waals surface area contributed by atoms with Crippen LogP contribution in [0.25, 0.3) is 16.7 Å². The molecule has 2 N–H and O–H groups in total. The molecule has 10 nitrogen and oxygen atoms in total. The van der Waals surface area contributed by atoms with Crippen LogP contribution >= 0.6 is 0 Å². The van der Waals surface area contributed by atoms with Gasteiger partial charge in [-0.3, -0.25) is 13.9 Å². The first kappa shape index (κ1) is 29.6. The number of carbonyl (C=O) groups is 1. The molecule has 0 spiro atoms. The van der Waals surface area contributed by atoms with Gasteiger partial charge in [0.05, 0.1) is 46.1 Å². The predicted molar refractivity (Wildman–Crippen MR) is 142 cm³/mol. The van der Waals surface area contributed by atoms with Crippen LogP contribution in [0.1, 0.15) is 56.9 Å². The summed E-state index contributed by atoms with van der Waals surface area (Å²) in [6, 6.07) is 4.48.